The van der Waals surface area contributed by atoms with Gasteiger partial charge < -0.3 is 4.84 Å². The first-order valence-electron chi connectivity index (χ1n) is 6.03. The summed E-state index contributed by atoms with van der Waals surface area (Å²) in [5.41, 5.74) is 6.27. The van der Waals surface area contributed by atoms with Gasteiger partial charge in [0.25, 0.3) is 0 Å². The largest absolute Gasteiger partial charge is 0.381 e. The molecule has 3 aromatic rings. The van der Waals surface area contributed by atoms with Crippen LogP contribution in [-0.4, -0.2) is 0 Å². The number of benzene rings is 2. The lowest BCUT2D eigenvalue weighted by Crippen LogP contribution is -2.10. The van der Waals surface area contributed by atoms with Crippen LogP contribution in [0.1, 0.15) is 0 Å². The Labute approximate surface area is 116 Å². The molecule has 0 fully saturated rings. The van der Waals surface area contributed by atoms with Crippen LogP contribution in [0.15, 0.2) is 71.4 Å². The minimum Gasteiger partial charge on any atom is -0.381 e. The molecule has 2 aromatic carbocycles. The van der Waals surface area contributed by atoms with Crippen LogP contribution in [0.3, 0.4) is 0 Å². The second kappa shape index (κ2) is 5.59. The number of rotatable bonds is 0. The summed E-state index contributed by atoms with van der Waals surface area (Å²) in [6.07, 6.45) is 0. The van der Waals surface area contributed by atoms with Crippen molar-refractivity contribution in [3.63, 3.8) is 0 Å². The van der Waals surface area contributed by atoms with Gasteiger partial charge in [-0.05, 0) is 22.9 Å². The maximum absolute atomic E-state index is 5.40. The van der Waals surface area contributed by atoms with E-state index in [0.29, 0.717) is 0 Å². The van der Waals surface area contributed by atoms with Crippen LogP contribution in [0.4, 0.5) is 5.69 Å². The van der Waals surface area contributed by atoms with Gasteiger partial charge in [-0.15, -0.1) is 0 Å². The van der Waals surface area contributed by atoms with Gasteiger partial charge in [-0.3, -0.25) is 0 Å². The number of para-hydroxylation sites is 2. The highest BCUT2D eigenvalue weighted by Crippen LogP contribution is 2.38. The van der Waals surface area contributed by atoms with Crippen LogP contribution in [0.2, 0.25) is 0 Å². The molecule has 0 saturated carbocycles. The molecule has 0 spiro atoms. The number of thiophene rings is 1. The fourth-order valence-corrected chi connectivity index (χ4v) is 2.38. The van der Waals surface area contributed by atoms with Crippen LogP contribution in [0.25, 0.3) is 11.1 Å². The second-order valence-corrected chi connectivity index (χ2v) is 4.86. The molecular formula is C16H13NOS. The molecule has 19 heavy (non-hydrogen) atoms. The third-order valence-corrected chi connectivity index (χ3v) is 3.43. The summed E-state index contributed by atoms with van der Waals surface area (Å²) in [4.78, 5) is 5.40. The van der Waals surface area contributed by atoms with E-state index in [1.54, 1.807) is 11.3 Å². The van der Waals surface area contributed by atoms with Crippen LogP contribution < -0.4 is 10.3 Å². The van der Waals surface area contributed by atoms with Crippen molar-refractivity contribution in [2.45, 2.75) is 0 Å². The van der Waals surface area contributed by atoms with Crippen molar-refractivity contribution in [3.05, 3.63) is 71.4 Å². The van der Waals surface area contributed by atoms with Crippen molar-refractivity contribution in [3.8, 4) is 16.9 Å². The van der Waals surface area contributed by atoms with Crippen molar-refractivity contribution in [2.75, 3.05) is 5.48 Å². The number of nitrogens with one attached hydrogen (secondary N) is 1. The van der Waals surface area contributed by atoms with E-state index in [2.05, 4.69) is 17.6 Å². The fraction of sp³-hybridized carbons (Fsp3) is 0. The van der Waals surface area contributed by atoms with Crippen LogP contribution in [-0.2, 0) is 0 Å². The van der Waals surface area contributed by atoms with Gasteiger partial charge in [-0.2, -0.15) is 11.3 Å². The summed E-state index contributed by atoms with van der Waals surface area (Å²) in [6, 6.07) is 20.2. The number of anilines is 1. The molecular weight excluding hydrogens is 254 g/mol. The summed E-state index contributed by atoms with van der Waals surface area (Å²) in [5.74, 6) is 0.881. The predicted molar refractivity (Wildman–Crippen MR) is 80.4 cm³/mol. The zero-order valence-corrected chi connectivity index (χ0v) is 11.1. The molecule has 0 radical (unpaired) electrons. The highest BCUT2D eigenvalue weighted by molar-refractivity contribution is 7.07. The Bertz CT molecular complexity index is 587. The standard InChI is InChI=1S/C12H9NO.C4H4S/c1-3-7-11-9(5-1)10-6-2-4-8-12(10)14-13-11;1-2-4-5-3-1/h1-8,13H;1-4H. The Kier molecular flexibility index (Phi) is 3.47. The fourth-order valence-electron chi connectivity index (χ4n) is 1.92. The van der Waals surface area contributed by atoms with E-state index in [1.165, 1.54) is 5.56 Å². The first-order chi connectivity index (χ1) is 9.45. The van der Waals surface area contributed by atoms with Crippen LogP contribution in [0.5, 0.6) is 5.75 Å². The van der Waals surface area contributed by atoms with Crippen molar-refractivity contribution in [1.82, 2.24) is 0 Å². The topological polar surface area (TPSA) is 21.3 Å². The zero-order chi connectivity index (χ0) is 12.9. The summed E-state index contributed by atoms with van der Waals surface area (Å²) in [6.45, 7) is 0. The Balaban J connectivity index is 0.000000187. The summed E-state index contributed by atoms with van der Waals surface area (Å²) in [7, 11) is 0. The van der Waals surface area contributed by atoms with E-state index in [4.69, 9.17) is 4.84 Å². The lowest BCUT2D eigenvalue weighted by Gasteiger charge is -2.20. The van der Waals surface area contributed by atoms with Gasteiger partial charge in [0, 0.05) is 11.1 Å². The van der Waals surface area contributed by atoms with Crippen molar-refractivity contribution < 1.29 is 4.84 Å². The van der Waals surface area contributed by atoms with E-state index in [9.17, 15) is 0 Å². The quantitative estimate of drug-likeness (QED) is 0.630. The van der Waals surface area contributed by atoms with Gasteiger partial charge in [-0.1, -0.05) is 48.5 Å². The maximum atomic E-state index is 5.40. The van der Waals surface area contributed by atoms with E-state index < -0.39 is 0 Å². The lowest BCUT2D eigenvalue weighted by molar-refractivity contribution is 0.402. The molecule has 0 bridgehead atoms. The van der Waals surface area contributed by atoms with E-state index in [-0.39, 0.29) is 0 Å². The van der Waals surface area contributed by atoms with Crippen LogP contribution >= 0.6 is 11.3 Å². The van der Waals surface area contributed by atoms with Crippen molar-refractivity contribution >= 4 is 17.0 Å². The van der Waals surface area contributed by atoms with Gasteiger partial charge in [0.1, 0.15) is 0 Å². The van der Waals surface area contributed by atoms with Gasteiger partial charge in [0.15, 0.2) is 5.75 Å². The van der Waals surface area contributed by atoms with Gasteiger partial charge in [0.05, 0.1) is 5.69 Å². The number of fused-ring (bicyclic) bond motifs is 3. The van der Waals surface area contributed by atoms with Crippen molar-refractivity contribution in [1.29, 1.82) is 0 Å². The summed E-state index contributed by atoms with van der Waals surface area (Å²) in [5, 5.41) is 4.08. The normalized spacial score (nSPS) is 10.9. The highest BCUT2D eigenvalue weighted by Gasteiger charge is 2.14. The average molecular weight is 267 g/mol. The van der Waals surface area contributed by atoms with E-state index in [1.807, 2.05) is 59.3 Å². The molecule has 1 aliphatic heterocycles. The molecule has 2 nitrogen and oxygen atoms in total. The summed E-state index contributed by atoms with van der Waals surface area (Å²) >= 11 is 1.71. The van der Waals surface area contributed by atoms with Gasteiger partial charge in [-0.25, -0.2) is 5.48 Å². The molecule has 0 saturated heterocycles. The van der Waals surface area contributed by atoms with Gasteiger partial charge >= 0.3 is 0 Å². The Morgan fingerprint density at radius 2 is 1.42 bits per heavy atom. The van der Waals surface area contributed by atoms with Crippen LogP contribution in [0, 0.1) is 0 Å². The second-order valence-electron chi connectivity index (χ2n) is 4.04. The predicted octanol–water partition coefficient (Wildman–Crippen LogP) is 4.82. The zero-order valence-electron chi connectivity index (χ0n) is 10.2. The lowest BCUT2D eigenvalue weighted by atomic mass is 10.0. The third kappa shape index (κ3) is 2.61. The monoisotopic (exact) mass is 267 g/mol. The van der Waals surface area contributed by atoms with E-state index in [0.717, 1.165) is 17.0 Å². The maximum Gasteiger partial charge on any atom is 0.162 e. The Morgan fingerprint density at radius 1 is 0.737 bits per heavy atom. The molecule has 0 aliphatic carbocycles. The molecule has 1 aromatic heterocycles. The SMILES string of the molecule is c1ccc2c(c1)NOc1ccccc1-2.c1ccsc1. The minimum atomic E-state index is 0.881. The molecule has 0 unspecified atom stereocenters. The first kappa shape index (κ1) is 11.8. The Morgan fingerprint density at radius 3 is 2.16 bits per heavy atom. The Hall–Kier alpha value is -2.26. The summed E-state index contributed by atoms with van der Waals surface area (Å²) < 4.78 is 0. The number of hydrogen-bond acceptors (Lipinski definition) is 3. The molecule has 3 heteroatoms. The molecule has 0 atom stereocenters. The van der Waals surface area contributed by atoms with Gasteiger partial charge in [0.2, 0.25) is 0 Å². The highest BCUT2D eigenvalue weighted by atomic mass is 32.1. The molecule has 4 rings (SSSR count). The minimum absolute atomic E-state index is 0.881. The first-order valence-corrected chi connectivity index (χ1v) is 6.98. The molecule has 1 N–H and O–H groups in total. The third-order valence-electron chi connectivity index (χ3n) is 2.80. The molecule has 1 aliphatic rings. The van der Waals surface area contributed by atoms with E-state index >= 15 is 0 Å². The average Bonchev–Trinajstić information content (AvgIpc) is 3.07. The molecule has 2 heterocycles. The van der Waals surface area contributed by atoms with Crippen molar-refractivity contribution in [2.24, 2.45) is 0 Å². The smallest absolute Gasteiger partial charge is 0.162 e. The number of hydrogen-bond donors (Lipinski definition) is 1. The molecule has 0 amide bonds. The molecule has 94 valence electrons.